The van der Waals surface area contributed by atoms with Gasteiger partial charge in [-0.15, -0.1) is 0 Å². The Hall–Kier alpha value is -2.38. The molecular formula is C24H32N4O5S3. The van der Waals surface area contributed by atoms with Crippen LogP contribution in [-0.4, -0.2) is 63.5 Å². The topological polar surface area (TPSA) is 117 Å². The number of hydrogen-bond donors (Lipinski definition) is 1. The van der Waals surface area contributed by atoms with Crippen molar-refractivity contribution in [1.29, 1.82) is 0 Å². The largest absolute Gasteiger partial charge is 0.298 e. The van der Waals surface area contributed by atoms with Gasteiger partial charge in [-0.25, -0.2) is 26.1 Å². The Morgan fingerprint density at radius 3 is 1.97 bits per heavy atom. The lowest BCUT2D eigenvalue weighted by Crippen LogP contribution is -2.37. The fraction of sp³-hybridized carbons (Fsp3) is 0.417. The van der Waals surface area contributed by atoms with Crippen molar-refractivity contribution in [3.05, 3.63) is 48.0 Å². The Morgan fingerprint density at radius 2 is 1.44 bits per heavy atom. The van der Waals surface area contributed by atoms with Gasteiger partial charge < -0.3 is 0 Å². The summed E-state index contributed by atoms with van der Waals surface area (Å²) in [6.07, 6.45) is 0. The van der Waals surface area contributed by atoms with Crippen molar-refractivity contribution in [3.8, 4) is 0 Å². The van der Waals surface area contributed by atoms with Crippen LogP contribution >= 0.6 is 11.3 Å². The second kappa shape index (κ2) is 10.9. The van der Waals surface area contributed by atoms with E-state index in [9.17, 15) is 21.6 Å². The molecule has 1 heterocycles. The Labute approximate surface area is 217 Å². The molecule has 0 atom stereocenters. The van der Waals surface area contributed by atoms with E-state index in [1.54, 1.807) is 6.07 Å². The van der Waals surface area contributed by atoms with E-state index in [1.165, 1.54) is 54.8 Å². The lowest BCUT2D eigenvalue weighted by molar-refractivity contribution is 0.102. The highest BCUT2D eigenvalue weighted by Gasteiger charge is 2.26. The molecule has 0 fully saturated rings. The van der Waals surface area contributed by atoms with Gasteiger partial charge in [0.25, 0.3) is 5.91 Å². The number of carbonyl (C=O) groups excluding carboxylic acids is 1. The first kappa shape index (κ1) is 28.2. The van der Waals surface area contributed by atoms with E-state index in [0.717, 1.165) is 15.6 Å². The Morgan fingerprint density at radius 1 is 0.889 bits per heavy atom. The first-order valence-corrected chi connectivity index (χ1v) is 15.2. The predicted molar refractivity (Wildman–Crippen MR) is 143 cm³/mol. The molecule has 2 aromatic carbocycles. The summed E-state index contributed by atoms with van der Waals surface area (Å²) < 4.78 is 54.4. The summed E-state index contributed by atoms with van der Waals surface area (Å²) in [7, 11) is -4.36. The molecule has 1 aromatic heterocycles. The van der Waals surface area contributed by atoms with Gasteiger partial charge >= 0.3 is 0 Å². The third-order valence-corrected chi connectivity index (χ3v) is 9.84. The number of hydrogen-bond acceptors (Lipinski definition) is 7. The molecule has 36 heavy (non-hydrogen) atoms. The van der Waals surface area contributed by atoms with Crippen molar-refractivity contribution in [2.24, 2.45) is 11.8 Å². The number of anilines is 1. The van der Waals surface area contributed by atoms with E-state index in [2.05, 4.69) is 10.3 Å². The first-order valence-electron chi connectivity index (χ1n) is 11.5. The lowest BCUT2D eigenvalue weighted by Gasteiger charge is -2.25. The maximum atomic E-state index is 13.2. The van der Waals surface area contributed by atoms with Gasteiger partial charge in [0, 0.05) is 32.7 Å². The maximum absolute atomic E-state index is 13.2. The minimum absolute atomic E-state index is 0.134. The van der Waals surface area contributed by atoms with Crippen LogP contribution in [0.15, 0.2) is 52.3 Å². The zero-order valence-corrected chi connectivity index (χ0v) is 23.7. The van der Waals surface area contributed by atoms with Gasteiger partial charge in [0.2, 0.25) is 20.0 Å². The average molecular weight is 553 g/mol. The number of amides is 1. The highest BCUT2D eigenvalue weighted by molar-refractivity contribution is 7.89. The predicted octanol–water partition coefficient (Wildman–Crippen LogP) is 4.10. The van der Waals surface area contributed by atoms with Crippen LogP contribution in [0.4, 0.5) is 5.13 Å². The number of nitrogens with zero attached hydrogens (tertiary/aromatic N) is 3. The monoisotopic (exact) mass is 552 g/mol. The van der Waals surface area contributed by atoms with Gasteiger partial charge in [0.15, 0.2) is 5.13 Å². The molecule has 12 heteroatoms. The van der Waals surface area contributed by atoms with Gasteiger partial charge in [-0.3, -0.25) is 10.1 Å². The smallest absolute Gasteiger partial charge is 0.257 e. The van der Waals surface area contributed by atoms with Gasteiger partial charge in [-0.2, -0.15) is 4.31 Å². The summed E-state index contributed by atoms with van der Waals surface area (Å²) in [5.74, 6) is -0.0896. The lowest BCUT2D eigenvalue weighted by atomic mass is 10.2. The van der Waals surface area contributed by atoms with Crippen molar-refractivity contribution >= 4 is 52.6 Å². The number of aromatic nitrogens is 1. The number of sulfonamides is 2. The molecular weight excluding hydrogens is 520 g/mol. The van der Waals surface area contributed by atoms with Crippen LogP contribution in [0.25, 0.3) is 10.2 Å². The van der Waals surface area contributed by atoms with Crippen molar-refractivity contribution in [2.75, 3.05) is 32.5 Å². The van der Waals surface area contributed by atoms with E-state index >= 15 is 0 Å². The summed E-state index contributed by atoms with van der Waals surface area (Å²) in [5, 5.41) is 3.02. The van der Waals surface area contributed by atoms with Gasteiger partial charge in [-0.05, 0) is 54.3 Å². The molecule has 1 N–H and O–H groups in total. The van der Waals surface area contributed by atoms with Crippen LogP contribution in [0.3, 0.4) is 0 Å². The summed E-state index contributed by atoms with van der Waals surface area (Å²) >= 11 is 1.16. The molecule has 0 aliphatic carbocycles. The molecule has 3 rings (SSSR count). The van der Waals surface area contributed by atoms with Gasteiger partial charge in [0.05, 0.1) is 20.0 Å². The molecule has 196 valence electrons. The Kier molecular flexibility index (Phi) is 8.56. The van der Waals surface area contributed by atoms with Gasteiger partial charge in [-0.1, -0.05) is 39.0 Å². The minimum Gasteiger partial charge on any atom is -0.298 e. The number of rotatable bonds is 10. The van der Waals surface area contributed by atoms with E-state index in [0.29, 0.717) is 28.4 Å². The second-order valence-electron chi connectivity index (χ2n) is 9.52. The number of nitrogens with one attached hydrogen (secondary N) is 1. The number of benzene rings is 2. The van der Waals surface area contributed by atoms with E-state index in [-0.39, 0.29) is 27.2 Å². The Bertz CT molecular complexity index is 1430. The van der Waals surface area contributed by atoms with Crippen LogP contribution in [0, 0.1) is 11.8 Å². The number of fused-ring (bicyclic) bond motifs is 1. The first-order chi connectivity index (χ1) is 16.7. The summed E-state index contributed by atoms with van der Waals surface area (Å²) in [4.78, 5) is 17.4. The highest BCUT2D eigenvalue weighted by atomic mass is 32.2. The van der Waals surface area contributed by atoms with E-state index < -0.39 is 26.0 Å². The zero-order chi connectivity index (χ0) is 26.8. The van der Waals surface area contributed by atoms with Crippen molar-refractivity contribution < 1.29 is 21.6 Å². The molecule has 3 aromatic rings. The van der Waals surface area contributed by atoms with Crippen molar-refractivity contribution in [1.82, 2.24) is 13.6 Å². The fourth-order valence-electron chi connectivity index (χ4n) is 3.51. The fourth-order valence-corrected chi connectivity index (χ4v) is 7.18. The maximum Gasteiger partial charge on any atom is 0.257 e. The normalized spacial score (nSPS) is 12.8. The number of carbonyl (C=O) groups is 1. The molecule has 9 nitrogen and oxygen atoms in total. The van der Waals surface area contributed by atoms with Crippen molar-refractivity contribution in [2.45, 2.75) is 37.5 Å². The van der Waals surface area contributed by atoms with Crippen LogP contribution in [0.1, 0.15) is 38.1 Å². The SMILES string of the molecule is CC(C)CN(CC(C)C)S(=O)(=O)c1ccc(C(=O)Nc2nc3ccc(S(=O)(=O)N(C)C)cc3s2)cc1. The van der Waals surface area contributed by atoms with Crippen LogP contribution < -0.4 is 5.32 Å². The molecule has 0 unspecified atom stereocenters. The molecule has 0 aliphatic heterocycles. The molecule has 1 amide bonds. The van der Waals surface area contributed by atoms with E-state index in [1.807, 2.05) is 27.7 Å². The third kappa shape index (κ3) is 6.30. The standard InChI is InChI=1S/C24H32N4O5S3/c1-16(2)14-28(15-17(3)4)36(32,33)19-9-7-18(8-10-19)23(29)26-24-25-21-12-11-20(13-22(21)34-24)35(30,31)27(5)6/h7-13,16-17H,14-15H2,1-6H3,(H,25,26,29). The number of thiazole rings is 1. The zero-order valence-electron chi connectivity index (χ0n) is 21.2. The van der Waals surface area contributed by atoms with E-state index in [4.69, 9.17) is 0 Å². The van der Waals surface area contributed by atoms with Gasteiger partial charge in [0.1, 0.15) is 0 Å². The summed E-state index contributed by atoms with van der Waals surface area (Å²) in [6.45, 7) is 8.72. The molecule has 0 radical (unpaired) electrons. The third-order valence-electron chi connectivity index (χ3n) is 5.25. The van der Waals surface area contributed by atoms with Crippen LogP contribution in [-0.2, 0) is 20.0 Å². The quantitative estimate of drug-likeness (QED) is 0.405. The minimum atomic E-state index is -3.69. The second-order valence-corrected chi connectivity index (χ2v) is 14.6. The van der Waals surface area contributed by atoms with Crippen LogP contribution in [0.5, 0.6) is 0 Å². The van der Waals surface area contributed by atoms with Crippen molar-refractivity contribution in [3.63, 3.8) is 0 Å². The summed E-state index contributed by atoms with van der Waals surface area (Å²) in [6, 6.07) is 10.4. The molecule has 0 saturated carbocycles. The Balaban J connectivity index is 1.80. The molecule has 0 spiro atoms. The average Bonchev–Trinajstić information content (AvgIpc) is 3.19. The molecule has 0 saturated heterocycles. The molecule has 0 bridgehead atoms. The van der Waals surface area contributed by atoms with Crippen LogP contribution in [0.2, 0.25) is 0 Å². The highest BCUT2D eigenvalue weighted by Crippen LogP contribution is 2.29. The summed E-state index contributed by atoms with van der Waals surface area (Å²) in [5.41, 5.74) is 0.841. The molecule has 0 aliphatic rings.